The van der Waals surface area contributed by atoms with E-state index in [2.05, 4.69) is 10.3 Å². The first-order valence-electron chi connectivity index (χ1n) is 7.00. The topological polar surface area (TPSA) is 41.5 Å². The molecule has 1 amide bonds. The van der Waals surface area contributed by atoms with Gasteiger partial charge in [-0.05, 0) is 47.9 Å². The summed E-state index contributed by atoms with van der Waals surface area (Å²) in [6.45, 7) is 2.32. The summed E-state index contributed by atoms with van der Waals surface area (Å²) in [6.07, 6.45) is 5.03. The van der Waals surface area contributed by atoms with Gasteiger partial charge in [0, 0.05) is 23.5 Å². The van der Waals surface area contributed by atoms with Crippen LogP contribution in [-0.4, -0.2) is 12.1 Å². The molecule has 3 rings (SSSR count). The van der Waals surface area contributed by atoms with Crippen LogP contribution < -0.4 is 5.32 Å². The SMILES string of the molecule is Cc1c(F)cccc1NC(=O)/C=C/c1ccc2c(c1)CN=C2. The number of hydrogen-bond acceptors (Lipinski definition) is 2. The number of fused-ring (bicyclic) bond motifs is 1. The van der Waals surface area contributed by atoms with Crippen LogP contribution in [0.3, 0.4) is 0 Å². The number of hydrogen-bond donors (Lipinski definition) is 1. The van der Waals surface area contributed by atoms with Gasteiger partial charge in [0.25, 0.3) is 0 Å². The number of rotatable bonds is 3. The molecule has 2 aromatic carbocycles. The monoisotopic (exact) mass is 294 g/mol. The summed E-state index contributed by atoms with van der Waals surface area (Å²) in [7, 11) is 0. The Morgan fingerprint density at radius 3 is 3.05 bits per heavy atom. The van der Waals surface area contributed by atoms with E-state index in [0.29, 0.717) is 17.8 Å². The molecule has 110 valence electrons. The molecule has 0 radical (unpaired) electrons. The molecular formula is C18H15FN2O. The van der Waals surface area contributed by atoms with Gasteiger partial charge in [-0.15, -0.1) is 0 Å². The van der Waals surface area contributed by atoms with Crippen molar-refractivity contribution in [2.45, 2.75) is 13.5 Å². The van der Waals surface area contributed by atoms with E-state index in [1.807, 2.05) is 24.4 Å². The predicted octanol–water partition coefficient (Wildman–Crippen LogP) is 3.72. The zero-order valence-electron chi connectivity index (χ0n) is 12.1. The Bertz CT molecular complexity index is 794. The number of anilines is 1. The van der Waals surface area contributed by atoms with Crippen LogP contribution in [0.25, 0.3) is 6.08 Å². The van der Waals surface area contributed by atoms with Gasteiger partial charge in [0.05, 0.1) is 6.54 Å². The van der Waals surface area contributed by atoms with E-state index in [4.69, 9.17) is 0 Å². The molecular weight excluding hydrogens is 279 g/mol. The van der Waals surface area contributed by atoms with Crippen LogP contribution in [-0.2, 0) is 11.3 Å². The Labute approximate surface area is 128 Å². The lowest BCUT2D eigenvalue weighted by Crippen LogP contribution is -2.09. The molecule has 1 aliphatic heterocycles. The van der Waals surface area contributed by atoms with Gasteiger partial charge in [-0.2, -0.15) is 0 Å². The van der Waals surface area contributed by atoms with Crippen molar-refractivity contribution in [3.05, 3.63) is 70.5 Å². The molecule has 1 aliphatic rings. The van der Waals surface area contributed by atoms with Crippen LogP contribution in [0, 0.1) is 12.7 Å². The van der Waals surface area contributed by atoms with Crippen LogP contribution in [0.2, 0.25) is 0 Å². The third-order valence-corrected chi connectivity index (χ3v) is 3.61. The summed E-state index contributed by atoms with van der Waals surface area (Å²) in [5.41, 5.74) is 4.13. The van der Waals surface area contributed by atoms with Crippen molar-refractivity contribution in [3.8, 4) is 0 Å². The molecule has 0 saturated carbocycles. The Balaban J connectivity index is 1.70. The van der Waals surface area contributed by atoms with E-state index in [0.717, 1.165) is 16.7 Å². The lowest BCUT2D eigenvalue weighted by molar-refractivity contribution is -0.111. The minimum absolute atomic E-state index is 0.287. The maximum Gasteiger partial charge on any atom is 0.248 e. The fraction of sp³-hybridized carbons (Fsp3) is 0.111. The van der Waals surface area contributed by atoms with Crippen molar-refractivity contribution in [2.24, 2.45) is 4.99 Å². The molecule has 0 bridgehead atoms. The first-order chi connectivity index (χ1) is 10.6. The maximum absolute atomic E-state index is 13.4. The third-order valence-electron chi connectivity index (χ3n) is 3.61. The van der Waals surface area contributed by atoms with Gasteiger partial charge in [0.15, 0.2) is 0 Å². The molecule has 1 N–H and O–H groups in total. The molecule has 0 spiro atoms. The van der Waals surface area contributed by atoms with Gasteiger partial charge >= 0.3 is 0 Å². The molecule has 0 unspecified atom stereocenters. The summed E-state index contributed by atoms with van der Waals surface area (Å²) in [5.74, 6) is -0.620. The Hall–Kier alpha value is -2.75. The van der Waals surface area contributed by atoms with E-state index < -0.39 is 0 Å². The largest absolute Gasteiger partial charge is 0.322 e. The third kappa shape index (κ3) is 2.96. The molecule has 3 nitrogen and oxygen atoms in total. The van der Waals surface area contributed by atoms with Crippen molar-refractivity contribution in [1.82, 2.24) is 0 Å². The second-order valence-corrected chi connectivity index (χ2v) is 5.16. The lowest BCUT2D eigenvalue weighted by Gasteiger charge is -2.06. The summed E-state index contributed by atoms with van der Waals surface area (Å²) < 4.78 is 13.4. The van der Waals surface area contributed by atoms with Gasteiger partial charge < -0.3 is 5.32 Å². The summed E-state index contributed by atoms with van der Waals surface area (Å²) in [5, 5.41) is 2.68. The molecule has 0 atom stereocenters. The molecule has 1 heterocycles. The van der Waals surface area contributed by atoms with Crippen molar-refractivity contribution in [1.29, 1.82) is 0 Å². The number of nitrogens with zero attached hydrogens (tertiary/aromatic N) is 1. The number of amides is 1. The second kappa shape index (κ2) is 5.93. The van der Waals surface area contributed by atoms with Crippen LogP contribution in [0.15, 0.2) is 47.5 Å². The highest BCUT2D eigenvalue weighted by Crippen LogP contribution is 2.19. The van der Waals surface area contributed by atoms with Crippen LogP contribution >= 0.6 is 0 Å². The minimum atomic E-state index is -0.333. The Morgan fingerprint density at radius 1 is 1.32 bits per heavy atom. The quantitative estimate of drug-likeness (QED) is 0.861. The summed E-state index contributed by atoms with van der Waals surface area (Å²) in [6, 6.07) is 10.6. The number of halogens is 1. The minimum Gasteiger partial charge on any atom is -0.322 e. The van der Waals surface area contributed by atoms with Crippen LogP contribution in [0.1, 0.15) is 22.3 Å². The lowest BCUT2D eigenvalue weighted by atomic mass is 10.1. The molecule has 0 aromatic heterocycles. The van der Waals surface area contributed by atoms with Crippen LogP contribution in [0.5, 0.6) is 0 Å². The van der Waals surface area contributed by atoms with E-state index in [1.165, 1.54) is 12.1 Å². The molecule has 22 heavy (non-hydrogen) atoms. The number of carbonyl (C=O) groups excluding carboxylic acids is 1. The zero-order chi connectivity index (χ0) is 15.5. The second-order valence-electron chi connectivity index (χ2n) is 5.16. The zero-order valence-corrected chi connectivity index (χ0v) is 12.1. The van der Waals surface area contributed by atoms with Gasteiger partial charge in [0.2, 0.25) is 5.91 Å². The number of nitrogens with one attached hydrogen (secondary N) is 1. The summed E-state index contributed by atoms with van der Waals surface area (Å²) in [4.78, 5) is 16.1. The van der Waals surface area contributed by atoms with Crippen molar-refractivity contribution >= 4 is 23.9 Å². The highest BCUT2D eigenvalue weighted by Gasteiger charge is 2.07. The number of aliphatic imine (C=N–C) groups is 1. The normalized spacial score (nSPS) is 12.6. The van der Waals surface area contributed by atoms with Crippen LogP contribution in [0.4, 0.5) is 10.1 Å². The first kappa shape index (κ1) is 14.2. The van der Waals surface area contributed by atoms with E-state index >= 15 is 0 Å². The van der Waals surface area contributed by atoms with E-state index in [1.54, 1.807) is 25.1 Å². The average molecular weight is 294 g/mol. The fourth-order valence-corrected chi connectivity index (χ4v) is 2.32. The highest BCUT2D eigenvalue weighted by atomic mass is 19.1. The number of benzene rings is 2. The smallest absolute Gasteiger partial charge is 0.248 e. The molecule has 0 aliphatic carbocycles. The molecule has 0 fully saturated rings. The van der Waals surface area contributed by atoms with Crippen molar-refractivity contribution in [2.75, 3.05) is 5.32 Å². The van der Waals surface area contributed by atoms with Gasteiger partial charge in [-0.3, -0.25) is 9.79 Å². The molecule has 2 aromatic rings. The standard InChI is InChI=1S/C18H15FN2O/c1-12-16(19)3-2-4-17(12)21-18(22)8-6-13-5-7-14-10-20-11-15(14)9-13/h2-10H,11H2,1H3,(H,21,22)/b8-6+. The highest BCUT2D eigenvalue weighted by molar-refractivity contribution is 6.02. The summed E-state index contributed by atoms with van der Waals surface area (Å²) >= 11 is 0. The van der Waals surface area contributed by atoms with Crippen molar-refractivity contribution < 1.29 is 9.18 Å². The fourth-order valence-electron chi connectivity index (χ4n) is 2.32. The van der Waals surface area contributed by atoms with E-state index in [-0.39, 0.29) is 11.7 Å². The maximum atomic E-state index is 13.4. The van der Waals surface area contributed by atoms with Gasteiger partial charge in [-0.25, -0.2) is 4.39 Å². The van der Waals surface area contributed by atoms with Gasteiger partial charge in [-0.1, -0.05) is 18.2 Å². The van der Waals surface area contributed by atoms with Gasteiger partial charge in [0.1, 0.15) is 5.82 Å². The number of carbonyl (C=O) groups is 1. The molecule has 0 saturated heterocycles. The predicted molar refractivity (Wildman–Crippen MR) is 86.5 cm³/mol. The average Bonchev–Trinajstić information content (AvgIpc) is 2.97. The van der Waals surface area contributed by atoms with Crippen molar-refractivity contribution in [3.63, 3.8) is 0 Å². The Kier molecular flexibility index (Phi) is 3.83. The first-order valence-corrected chi connectivity index (χ1v) is 7.00. The van der Waals surface area contributed by atoms with E-state index in [9.17, 15) is 9.18 Å². The molecule has 4 heteroatoms. The Morgan fingerprint density at radius 2 is 2.18 bits per heavy atom.